The fourth-order valence-corrected chi connectivity index (χ4v) is 3.55. The number of carbonyl (C=O) groups excluding carboxylic acids is 2. The van der Waals surface area contributed by atoms with Gasteiger partial charge in [-0.15, -0.1) is 12.4 Å². The standard InChI is InChI=1S/C23H29N3O3.ClH/c1-17-5-4-6-19(15-17)26-21(27)16-29-20-9-7-18(8-10-20)11-14-25-22(28)23(24)12-2-3-13-23;/h4-10,15H,2-3,11-14,16,24H2,1H3,(H,25,28)(H,26,27);1H. The highest BCUT2D eigenvalue weighted by Gasteiger charge is 2.36. The van der Waals surface area contributed by atoms with Gasteiger partial charge in [0, 0.05) is 12.2 Å². The van der Waals surface area contributed by atoms with Crippen molar-refractivity contribution in [3.63, 3.8) is 0 Å². The van der Waals surface area contributed by atoms with Crippen molar-refractivity contribution < 1.29 is 14.3 Å². The van der Waals surface area contributed by atoms with Gasteiger partial charge in [-0.3, -0.25) is 9.59 Å². The summed E-state index contributed by atoms with van der Waals surface area (Å²) in [6.45, 7) is 2.47. The summed E-state index contributed by atoms with van der Waals surface area (Å²) in [6.07, 6.45) is 4.30. The Kier molecular flexibility index (Phi) is 8.69. The lowest BCUT2D eigenvalue weighted by Gasteiger charge is -2.22. The van der Waals surface area contributed by atoms with Crippen LogP contribution in [0.2, 0.25) is 0 Å². The predicted molar refractivity (Wildman–Crippen MR) is 121 cm³/mol. The van der Waals surface area contributed by atoms with Crippen LogP contribution in [0.3, 0.4) is 0 Å². The minimum absolute atomic E-state index is 0. The second-order valence-corrected chi connectivity index (χ2v) is 7.72. The maximum atomic E-state index is 12.2. The Balaban J connectivity index is 0.00000320. The highest BCUT2D eigenvalue weighted by molar-refractivity contribution is 5.91. The van der Waals surface area contributed by atoms with Gasteiger partial charge in [-0.05, 0) is 61.6 Å². The largest absolute Gasteiger partial charge is 0.484 e. The number of rotatable bonds is 8. The first kappa shape index (κ1) is 23.7. The minimum Gasteiger partial charge on any atom is -0.484 e. The normalized spacial score (nSPS) is 14.5. The summed E-state index contributed by atoms with van der Waals surface area (Å²) in [4.78, 5) is 24.2. The quantitative estimate of drug-likeness (QED) is 0.597. The van der Waals surface area contributed by atoms with Crippen LogP contribution in [0, 0.1) is 6.92 Å². The summed E-state index contributed by atoms with van der Waals surface area (Å²) >= 11 is 0. The summed E-state index contributed by atoms with van der Waals surface area (Å²) < 4.78 is 5.55. The second kappa shape index (κ2) is 11.0. The molecule has 4 N–H and O–H groups in total. The molecule has 0 spiro atoms. The number of nitrogens with one attached hydrogen (secondary N) is 2. The number of benzene rings is 2. The number of anilines is 1. The molecule has 0 saturated heterocycles. The number of carbonyl (C=O) groups is 2. The lowest BCUT2D eigenvalue weighted by molar-refractivity contribution is -0.126. The fourth-order valence-electron chi connectivity index (χ4n) is 3.55. The molecule has 0 aromatic heterocycles. The smallest absolute Gasteiger partial charge is 0.262 e. The van der Waals surface area contributed by atoms with Crippen molar-refractivity contribution in [1.82, 2.24) is 5.32 Å². The summed E-state index contributed by atoms with van der Waals surface area (Å²) in [7, 11) is 0. The Morgan fingerprint density at radius 2 is 1.80 bits per heavy atom. The molecular formula is C23H30ClN3O3. The van der Waals surface area contributed by atoms with Gasteiger partial charge in [-0.25, -0.2) is 0 Å². The van der Waals surface area contributed by atoms with Crippen LogP contribution in [-0.2, 0) is 16.0 Å². The van der Waals surface area contributed by atoms with Gasteiger partial charge < -0.3 is 21.1 Å². The second-order valence-electron chi connectivity index (χ2n) is 7.72. The first-order valence-corrected chi connectivity index (χ1v) is 10.1. The van der Waals surface area contributed by atoms with Crippen LogP contribution in [0.25, 0.3) is 0 Å². The van der Waals surface area contributed by atoms with Crippen LogP contribution in [0.1, 0.15) is 36.8 Å². The summed E-state index contributed by atoms with van der Waals surface area (Å²) in [5.74, 6) is 0.378. The van der Waals surface area contributed by atoms with Gasteiger partial charge >= 0.3 is 0 Å². The van der Waals surface area contributed by atoms with E-state index in [9.17, 15) is 9.59 Å². The maximum absolute atomic E-state index is 12.2. The zero-order valence-corrected chi connectivity index (χ0v) is 18.1. The third kappa shape index (κ3) is 6.75. The predicted octanol–water partition coefficient (Wildman–Crippen LogP) is 3.36. The van der Waals surface area contributed by atoms with Gasteiger partial charge in [0.2, 0.25) is 5.91 Å². The van der Waals surface area contributed by atoms with Crippen LogP contribution < -0.4 is 21.1 Å². The van der Waals surface area contributed by atoms with Crippen molar-refractivity contribution in [2.24, 2.45) is 5.73 Å². The molecule has 1 saturated carbocycles. The number of halogens is 1. The third-order valence-electron chi connectivity index (χ3n) is 5.24. The van der Waals surface area contributed by atoms with Gasteiger partial charge in [-0.2, -0.15) is 0 Å². The topological polar surface area (TPSA) is 93.5 Å². The van der Waals surface area contributed by atoms with E-state index in [0.717, 1.165) is 48.9 Å². The van der Waals surface area contributed by atoms with Crippen LogP contribution >= 0.6 is 12.4 Å². The van der Waals surface area contributed by atoms with E-state index in [4.69, 9.17) is 10.5 Å². The molecule has 0 radical (unpaired) electrons. The molecule has 30 heavy (non-hydrogen) atoms. The first-order valence-electron chi connectivity index (χ1n) is 10.1. The molecule has 162 valence electrons. The van der Waals surface area contributed by atoms with Crippen molar-refractivity contribution >= 4 is 29.9 Å². The average Bonchev–Trinajstić information content (AvgIpc) is 3.15. The summed E-state index contributed by atoms with van der Waals surface area (Å²) in [6, 6.07) is 15.2. The van der Waals surface area contributed by atoms with Crippen molar-refractivity contribution in [3.05, 3.63) is 59.7 Å². The van der Waals surface area contributed by atoms with Crippen LogP contribution in [0.15, 0.2) is 48.5 Å². The van der Waals surface area contributed by atoms with Crippen LogP contribution in [-0.4, -0.2) is 30.5 Å². The molecular weight excluding hydrogens is 402 g/mol. The molecule has 2 aromatic rings. The summed E-state index contributed by atoms with van der Waals surface area (Å²) in [5.41, 5.74) is 8.39. The summed E-state index contributed by atoms with van der Waals surface area (Å²) in [5, 5.41) is 5.76. The van der Waals surface area contributed by atoms with Crippen LogP contribution in [0.5, 0.6) is 5.75 Å². The molecule has 2 aromatic carbocycles. The number of hydrogen-bond acceptors (Lipinski definition) is 4. The molecule has 0 unspecified atom stereocenters. The van der Waals surface area contributed by atoms with E-state index in [1.807, 2.05) is 55.5 Å². The SMILES string of the molecule is Cc1cccc(NC(=O)COc2ccc(CCNC(=O)C3(N)CCCC3)cc2)c1.Cl. The molecule has 0 bridgehead atoms. The van der Waals surface area contributed by atoms with Gasteiger partial charge in [0.25, 0.3) is 5.91 Å². The number of nitrogens with two attached hydrogens (primary N) is 1. The lowest BCUT2D eigenvalue weighted by atomic mass is 9.98. The number of ether oxygens (including phenoxy) is 1. The molecule has 1 fully saturated rings. The van der Waals surface area contributed by atoms with Crippen molar-refractivity contribution in [3.8, 4) is 5.75 Å². The third-order valence-corrected chi connectivity index (χ3v) is 5.24. The van der Waals surface area contributed by atoms with Gasteiger partial charge in [0.1, 0.15) is 5.75 Å². The first-order chi connectivity index (χ1) is 13.9. The average molecular weight is 432 g/mol. The van der Waals surface area contributed by atoms with Crippen molar-refractivity contribution in [2.45, 2.75) is 44.6 Å². The molecule has 2 amide bonds. The van der Waals surface area contributed by atoms with E-state index in [2.05, 4.69) is 10.6 Å². The molecule has 1 aliphatic rings. The van der Waals surface area contributed by atoms with Gasteiger partial charge in [0.05, 0.1) is 5.54 Å². The van der Waals surface area contributed by atoms with E-state index >= 15 is 0 Å². The molecule has 7 heteroatoms. The minimum atomic E-state index is -0.684. The van der Waals surface area contributed by atoms with E-state index < -0.39 is 5.54 Å². The molecule has 0 aliphatic heterocycles. The molecule has 3 rings (SSSR count). The number of amides is 2. The zero-order chi connectivity index (χ0) is 20.7. The number of hydrogen-bond donors (Lipinski definition) is 3. The Hall–Kier alpha value is -2.57. The van der Waals surface area contributed by atoms with E-state index in [-0.39, 0.29) is 30.8 Å². The molecule has 1 aliphatic carbocycles. The monoisotopic (exact) mass is 431 g/mol. The van der Waals surface area contributed by atoms with Gasteiger partial charge in [0.15, 0.2) is 6.61 Å². The Bertz CT molecular complexity index is 849. The highest BCUT2D eigenvalue weighted by Crippen LogP contribution is 2.27. The van der Waals surface area contributed by atoms with E-state index in [1.54, 1.807) is 0 Å². The highest BCUT2D eigenvalue weighted by atomic mass is 35.5. The van der Waals surface area contributed by atoms with Crippen molar-refractivity contribution in [2.75, 3.05) is 18.5 Å². The Morgan fingerprint density at radius 3 is 2.47 bits per heavy atom. The zero-order valence-electron chi connectivity index (χ0n) is 17.3. The Labute approximate surface area is 184 Å². The molecule has 6 nitrogen and oxygen atoms in total. The van der Waals surface area contributed by atoms with Gasteiger partial charge in [-0.1, -0.05) is 37.1 Å². The Morgan fingerprint density at radius 1 is 1.10 bits per heavy atom. The number of aryl methyl sites for hydroxylation is 1. The fraction of sp³-hybridized carbons (Fsp3) is 0.391. The van der Waals surface area contributed by atoms with Crippen LogP contribution in [0.4, 0.5) is 5.69 Å². The molecule has 0 heterocycles. The van der Waals surface area contributed by atoms with E-state index in [1.165, 1.54) is 0 Å². The maximum Gasteiger partial charge on any atom is 0.262 e. The lowest BCUT2D eigenvalue weighted by Crippen LogP contribution is -2.52. The van der Waals surface area contributed by atoms with Crippen molar-refractivity contribution in [1.29, 1.82) is 0 Å². The molecule has 0 atom stereocenters. The van der Waals surface area contributed by atoms with E-state index in [0.29, 0.717) is 12.3 Å².